The molecule has 0 radical (unpaired) electrons. The van der Waals surface area contributed by atoms with Crippen LogP contribution in [0.25, 0.3) is 0 Å². The number of hydrogen-bond donors (Lipinski definition) is 1. The van der Waals surface area contributed by atoms with Crippen molar-refractivity contribution in [3.05, 3.63) is 0 Å². The van der Waals surface area contributed by atoms with E-state index in [4.69, 9.17) is 5.73 Å². The van der Waals surface area contributed by atoms with Gasteiger partial charge < -0.3 is 5.73 Å². The van der Waals surface area contributed by atoms with Crippen LogP contribution in [0.3, 0.4) is 0 Å². The second-order valence-electron chi connectivity index (χ2n) is 3.28. The molecule has 3 nitrogen and oxygen atoms in total. The maximum absolute atomic E-state index is 10.6. The average molecular weight is 140 g/mol. The molecule has 0 unspecified atom stereocenters. The number of nitrogens with zero attached hydrogens (tertiary/aromatic N) is 1. The maximum Gasteiger partial charge on any atom is 0.223 e. The van der Waals surface area contributed by atoms with Crippen molar-refractivity contribution in [2.75, 3.05) is 13.1 Å². The SMILES string of the molecule is NC(=O)C1CN(C2CC2)C1. The fourth-order valence-electron chi connectivity index (χ4n) is 1.43. The highest BCUT2D eigenvalue weighted by Gasteiger charge is 2.39. The molecule has 0 bridgehead atoms. The molecule has 1 saturated carbocycles. The number of nitrogens with two attached hydrogens (primary N) is 1. The van der Waals surface area contributed by atoms with Gasteiger partial charge in [0.25, 0.3) is 0 Å². The van der Waals surface area contributed by atoms with Crippen molar-refractivity contribution in [1.29, 1.82) is 0 Å². The van der Waals surface area contributed by atoms with Gasteiger partial charge in [0.15, 0.2) is 0 Å². The Morgan fingerprint density at radius 2 is 2.00 bits per heavy atom. The van der Waals surface area contributed by atoms with Crippen LogP contribution in [0, 0.1) is 5.92 Å². The van der Waals surface area contributed by atoms with E-state index in [0.717, 1.165) is 19.1 Å². The van der Waals surface area contributed by atoms with Gasteiger partial charge in [0.1, 0.15) is 0 Å². The summed E-state index contributed by atoms with van der Waals surface area (Å²) in [4.78, 5) is 12.9. The molecule has 56 valence electrons. The van der Waals surface area contributed by atoms with Crippen molar-refractivity contribution >= 4 is 5.91 Å². The minimum atomic E-state index is -0.128. The molecule has 1 heterocycles. The molecule has 1 aliphatic heterocycles. The minimum Gasteiger partial charge on any atom is -0.369 e. The van der Waals surface area contributed by atoms with E-state index in [1.54, 1.807) is 0 Å². The lowest BCUT2D eigenvalue weighted by Crippen LogP contribution is -2.53. The van der Waals surface area contributed by atoms with Gasteiger partial charge in [-0.05, 0) is 12.8 Å². The average Bonchev–Trinajstić information content (AvgIpc) is 2.42. The Bertz CT molecular complexity index is 159. The van der Waals surface area contributed by atoms with E-state index in [9.17, 15) is 4.79 Å². The van der Waals surface area contributed by atoms with E-state index in [1.165, 1.54) is 12.8 Å². The molecular weight excluding hydrogens is 128 g/mol. The molecule has 0 atom stereocenters. The van der Waals surface area contributed by atoms with Gasteiger partial charge in [0.05, 0.1) is 5.92 Å². The minimum absolute atomic E-state index is 0.128. The number of primary amides is 1. The monoisotopic (exact) mass is 140 g/mol. The van der Waals surface area contributed by atoms with Gasteiger partial charge in [-0.15, -0.1) is 0 Å². The molecular formula is C7H12N2O. The number of carbonyl (C=O) groups excluding carboxylic acids is 1. The van der Waals surface area contributed by atoms with Crippen molar-refractivity contribution in [2.45, 2.75) is 18.9 Å². The van der Waals surface area contributed by atoms with Gasteiger partial charge in [-0.25, -0.2) is 0 Å². The summed E-state index contributed by atoms with van der Waals surface area (Å²) in [5.74, 6) is 0.0255. The third-order valence-corrected chi connectivity index (χ3v) is 2.38. The van der Waals surface area contributed by atoms with E-state index in [-0.39, 0.29) is 11.8 Å². The van der Waals surface area contributed by atoms with Crippen molar-refractivity contribution in [3.8, 4) is 0 Å². The quantitative estimate of drug-likeness (QED) is 0.565. The summed E-state index contributed by atoms with van der Waals surface area (Å²) >= 11 is 0. The molecule has 0 spiro atoms. The van der Waals surface area contributed by atoms with E-state index in [1.807, 2.05) is 0 Å². The summed E-state index contributed by atoms with van der Waals surface area (Å²) < 4.78 is 0. The van der Waals surface area contributed by atoms with Gasteiger partial charge in [0, 0.05) is 19.1 Å². The zero-order chi connectivity index (χ0) is 7.14. The van der Waals surface area contributed by atoms with Crippen LogP contribution in [-0.4, -0.2) is 29.9 Å². The van der Waals surface area contributed by atoms with Gasteiger partial charge in [0.2, 0.25) is 5.91 Å². The standard InChI is InChI=1S/C7H12N2O/c8-7(10)5-3-9(4-5)6-1-2-6/h5-6H,1-4H2,(H2,8,10). The van der Waals surface area contributed by atoms with Crippen LogP contribution in [0.15, 0.2) is 0 Å². The number of hydrogen-bond acceptors (Lipinski definition) is 2. The topological polar surface area (TPSA) is 46.3 Å². The lowest BCUT2D eigenvalue weighted by molar-refractivity contribution is -0.127. The summed E-state index contributed by atoms with van der Waals surface area (Å²) in [7, 11) is 0. The number of rotatable bonds is 2. The molecule has 3 heteroatoms. The van der Waals surface area contributed by atoms with Crippen LogP contribution < -0.4 is 5.73 Å². The number of carbonyl (C=O) groups is 1. The highest BCUT2D eigenvalue weighted by atomic mass is 16.1. The van der Waals surface area contributed by atoms with Crippen molar-refractivity contribution in [3.63, 3.8) is 0 Å². The van der Waals surface area contributed by atoms with Crippen LogP contribution >= 0.6 is 0 Å². The van der Waals surface area contributed by atoms with E-state index in [0.29, 0.717) is 0 Å². The maximum atomic E-state index is 10.6. The first-order chi connectivity index (χ1) is 4.77. The van der Waals surface area contributed by atoms with Gasteiger partial charge >= 0.3 is 0 Å². The normalized spacial score (nSPS) is 28.0. The zero-order valence-electron chi connectivity index (χ0n) is 5.92. The first kappa shape index (κ1) is 6.16. The first-order valence-corrected chi connectivity index (χ1v) is 3.81. The highest BCUT2D eigenvalue weighted by Crippen LogP contribution is 2.32. The van der Waals surface area contributed by atoms with Crippen molar-refractivity contribution < 1.29 is 4.79 Å². The third kappa shape index (κ3) is 0.904. The molecule has 0 aromatic carbocycles. The summed E-state index contributed by atoms with van der Waals surface area (Å²) in [6.45, 7) is 1.83. The molecule has 1 saturated heterocycles. The molecule has 0 aromatic heterocycles. The molecule has 2 fully saturated rings. The van der Waals surface area contributed by atoms with E-state index in [2.05, 4.69) is 4.90 Å². The molecule has 10 heavy (non-hydrogen) atoms. The first-order valence-electron chi connectivity index (χ1n) is 3.81. The second-order valence-corrected chi connectivity index (χ2v) is 3.28. The predicted molar refractivity (Wildman–Crippen MR) is 37.3 cm³/mol. The Labute approximate surface area is 60.2 Å². The van der Waals surface area contributed by atoms with Crippen molar-refractivity contribution in [2.24, 2.45) is 11.7 Å². The largest absolute Gasteiger partial charge is 0.369 e. The fourth-order valence-corrected chi connectivity index (χ4v) is 1.43. The molecule has 1 aliphatic carbocycles. The van der Waals surface area contributed by atoms with Crippen LogP contribution in [-0.2, 0) is 4.79 Å². The lowest BCUT2D eigenvalue weighted by atomic mass is 10.00. The van der Waals surface area contributed by atoms with E-state index < -0.39 is 0 Å². The van der Waals surface area contributed by atoms with Crippen LogP contribution in [0.5, 0.6) is 0 Å². The smallest absolute Gasteiger partial charge is 0.223 e. The Hall–Kier alpha value is -0.570. The van der Waals surface area contributed by atoms with Gasteiger partial charge in [-0.2, -0.15) is 0 Å². The summed E-state index contributed by atoms with van der Waals surface area (Å²) in [6, 6.07) is 0.801. The second kappa shape index (κ2) is 1.95. The van der Waals surface area contributed by atoms with Crippen LogP contribution in [0.4, 0.5) is 0 Å². The number of amides is 1. The summed E-state index contributed by atoms with van der Waals surface area (Å²) in [6.07, 6.45) is 2.65. The van der Waals surface area contributed by atoms with E-state index >= 15 is 0 Å². The molecule has 0 aromatic rings. The van der Waals surface area contributed by atoms with Crippen molar-refractivity contribution in [1.82, 2.24) is 4.90 Å². The number of likely N-dealkylation sites (tertiary alicyclic amines) is 1. The third-order valence-electron chi connectivity index (χ3n) is 2.38. The van der Waals surface area contributed by atoms with Gasteiger partial charge in [-0.1, -0.05) is 0 Å². The Morgan fingerprint density at radius 3 is 2.40 bits per heavy atom. The summed E-state index contributed by atoms with van der Waals surface area (Å²) in [5.41, 5.74) is 5.11. The van der Waals surface area contributed by atoms with Crippen LogP contribution in [0.2, 0.25) is 0 Å². The fraction of sp³-hybridized carbons (Fsp3) is 0.857. The highest BCUT2D eigenvalue weighted by molar-refractivity contribution is 5.78. The molecule has 2 N–H and O–H groups in total. The Kier molecular flexibility index (Phi) is 1.20. The summed E-state index contributed by atoms with van der Waals surface area (Å²) in [5, 5.41) is 0. The lowest BCUT2D eigenvalue weighted by Gasteiger charge is -2.37. The molecule has 2 aliphatic rings. The predicted octanol–water partition coefficient (Wildman–Crippen LogP) is -0.434. The van der Waals surface area contributed by atoms with Gasteiger partial charge in [-0.3, -0.25) is 9.69 Å². The molecule has 2 rings (SSSR count). The Balaban J connectivity index is 1.77. The molecule has 1 amide bonds. The Morgan fingerprint density at radius 1 is 1.40 bits per heavy atom. The van der Waals surface area contributed by atoms with Crippen LogP contribution in [0.1, 0.15) is 12.8 Å². The zero-order valence-corrected chi connectivity index (χ0v) is 5.92.